The number of carboxylic acids is 1. The molecule has 0 aromatic rings. The number of carbonyl (C=O) groups excluding carboxylic acids is 1. The van der Waals surface area contributed by atoms with Gasteiger partial charge < -0.3 is 15.7 Å². The highest BCUT2D eigenvalue weighted by Crippen LogP contribution is 2.34. The third-order valence-electron chi connectivity index (χ3n) is 3.08. The van der Waals surface area contributed by atoms with Crippen LogP contribution in [-0.4, -0.2) is 29.2 Å². The quantitative estimate of drug-likeness (QED) is 0.636. The molecule has 0 aliphatic heterocycles. The van der Waals surface area contributed by atoms with E-state index in [1.807, 2.05) is 6.92 Å². The van der Waals surface area contributed by atoms with Crippen LogP contribution in [0.3, 0.4) is 0 Å². The Morgan fingerprint density at radius 1 is 1.35 bits per heavy atom. The second kappa shape index (κ2) is 6.47. The molecule has 3 atom stereocenters. The van der Waals surface area contributed by atoms with Crippen molar-refractivity contribution in [3.05, 3.63) is 0 Å². The predicted octanol–water partition coefficient (Wildman–Crippen LogP) is 1.73. The van der Waals surface area contributed by atoms with Crippen molar-refractivity contribution >= 4 is 12.0 Å². The van der Waals surface area contributed by atoms with Gasteiger partial charge in [-0.15, -0.1) is 0 Å². The molecule has 2 amide bonds. The molecule has 1 rings (SSSR count). The van der Waals surface area contributed by atoms with Crippen LogP contribution in [-0.2, 0) is 4.79 Å². The SMILES string of the molecule is CCCC1CC1NC(=O)N[C@H](CCC)C(=O)O. The average Bonchev–Trinajstić information content (AvgIpc) is 2.96. The summed E-state index contributed by atoms with van der Waals surface area (Å²) in [5.74, 6) is -0.386. The van der Waals surface area contributed by atoms with E-state index in [0.29, 0.717) is 12.3 Å². The van der Waals surface area contributed by atoms with Gasteiger partial charge in [0, 0.05) is 6.04 Å². The Balaban J connectivity index is 2.26. The molecule has 0 radical (unpaired) electrons. The molecule has 1 aliphatic carbocycles. The summed E-state index contributed by atoms with van der Waals surface area (Å²) in [5.41, 5.74) is 0. The number of carbonyl (C=O) groups is 2. The molecule has 0 aromatic heterocycles. The smallest absolute Gasteiger partial charge is 0.326 e. The number of rotatable bonds is 7. The zero-order chi connectivity index (χ0) is 12.8. The monoisotopic (exact) mass is 242 g/mol. The van der Waals surface area contributed by atoms with Crippen molar-refractivity contribution in [3.63, 3.8) is 0 Å². The van der Waals surface area contributed by atoms with Crippen LogP contribution in [0.1, 0.15) is 46.0 Å². The normalized spacial score (nSPS) is 23.9. The van der Waals surface area contributed by atoms with E-state index in [9.17, 15) is 9.59 Å². The lowest BCUT2D eigenvalue weighted by molar-refractivity contribution is -0.139. The predicted molar refractivity (Wildman–Crippen MR) is 64.8 cm³/mol. The van der Waals surface area contributed by atoms with E-state index in [0.717, 1.165) is 25.7 Å². The zero-order valence-electron chi connectivity index (χ0n) is 10.5. The summed E-state index contributed by atoms with van der Waals surface area (Å²) in [6, 6.07) is -0.885. The first-order valence-electron chi connectivity index (χ1n) is 6.38. The largest absolute Gasteiger partial charge is 0.480 e. The lowest BCUT2D eigenvalue weighted by Gasteiger charge is -2.14. The van der Waals surface area contributed by atoms with Gasteiger partial charge in [0.15, 0.2) is 0 Å². The Bertz CT molecular complexity index is 281. The Morgan fingerprint density at radius 2 is 2.06 bits per heavy atom. The number of hydrogen-bond donors (Lipinski definition) is 3. The third kappa shape index (κ3) is 4.63. The van der Waals surface area contributed by atoms with Crippen LogP contribution >= 0.6 is 0 Å². The maximum absolute atomic E-state index is 11.5. The molecule has 0 bridgehead atoms. The zero-order valence-corrected chi connectivity index (χ0v) is 10.5. The molecule has 2 unspecified atom stereocenters. The minimum absolute atomic E-state index is 0.242. The molecule has 98 valence electrons. The van der Waals surface area contributed by atoms with Crippen LogP contribution in [0.25, 0.3) is 0 Å². The number of amides is 2. The molecule has 17 heavy (non-hydrogen) atoms. The average molecular weight is 242 g/mol. The van der Waals surface area contributed by atoms with E-state index >= 15 is 0 Å². The van der Waals surface area contributed by atoms with Crippen molar-refractivity contribution in [2.75, 3.05) is 0 Å². The van der Waals surface area contributed by atoms with E-state index < -0.39 is 12.0 Å². The molecule has 0 saturated heterocycles. The summed E-state index contributed by atoms with van der Waals surface area (Å²) in [6.07, 6.45) is 4.47. The van der Waals surface area contributed by atoms with Crippen LogP contribution in [0.4, 0.5) is 4.79 Å². The molecule has 1 saturated carbocycles. The first kappa shape index (κ1) is 13.8. The number of hydrogen-bond acceptors (Lipinski definition) is 2. The molecule has 5 nitrogen and oxygen atoms in total. The second-order valence-electron chi connectivity index (χ2n) is 4.69. The van der Waals surface area contributed by atoms with Crippen molar-refractivity contribution in [1.82, 2.24) is 10.6 Å². The standard InChI is InChI=1S/C12H22N2O3/c1-3-5-8-7-10(8)14-12(17)13-9(6-4-2)11(15)16/h8-10H,3-7H2,1-2H3,(H,15,16)(H2,13,14,17)/t8?,9-,10?/m1/s1. The van der Waals surface area contributed by atoms with Crippen LogP contribution in [0.5, 0.6) is 0 Å². The van der Waals surface area contributed by atoms with E-state index in [1.54, 1.807) is 0 Å². The Kier molecular flexibility index (Phi) is 5.25. The molecular weight excluding hydrogens is 220 g/mol. The maximum Gasteiger partial charge on any atom is 0.326 e. The summed E-state index contributed by atoms with van der Waals surface area (Å²) >= 11 is 0. The Labute approximate surface area is 102 Å². The molecule has 5 heteroatoms. The fraction of sp³-hybridized carbons (Fsp3) is 0.833. The van der Waals surface area contributed by atoms with Gasteiger partial charge in [0.25, 0.3) is 0 Å². The minimum atomic E-state index is -0.970. The molecule has 0 spiro atoms. The maximum atomic E-state index is 11.5. The number of aliphatic carboxylic acids is 1. The van der Waals surface area contributed by atoms with E-state index in [4.69, 9.17) is 5.11 Å². The lowest BCUT2D eigenvalue weighted by Crippen LogP contribution is -2.46. The van der Waals surface area contributed by atoms with Gasteiger partial charge >= 0.3 is 12.0 Å². The van der Waals surface area contributed by atoms with Crippen molar-refractivity contribution < 1.29 is 14.7 Å². The van der Waals surface area contributed by atoms with Gasteiger partial charge in [-0.05, 0) is 25.2 Å². The number of carboxylic acid groups (broad SMARTS) is 1. The van der Waals surface area contributed by atoms with Crippen molar-refractivity contribution in [1.29, 1.82) is 0 Å². The van der Waals surface area contributed by atoms with Crippen LogP contribution in [0.15, 0.2) is 0 Å². The first-order valence-corrected chi connectivity index (χ1v) is 6.38. The van der Waals surface area contributed by atoms with Crippen LogP contribution < -0.4 is 10.6 Å². The molecular formula is C12H22N2O3. The number of nitrogens with one attached hydrogen (secondary N) is 2. The molecule has 0 aromatic carbocycles. The second-order valence-corrected chi connectivity index (χ2v) is 4.69. The fourth-order valence-electron chi connectivity index (χ4n) is 2.03. The highest BCUT2D eigenvalue weighted by Gasteiger charge is 2.37. The van der Waals surface area contributed by atoms with Gasteiger partial charge in [0.1, 0.15) is 6.04 Å². The van der Waals surface area contributed by atoms with Gasteiger partial charge in [-0.3, -0.25) is 0 Å². The van der Waals surface area contributed by atoms with Gasteiger partial charge in [-0.25, -0.2) is 9.59 Å². The molecule has 0 heterocycles. The van der Waals surface area contributed by atoms with Crippen LogP contribution in [0, 0.1) is 5.92 Å². The topological polar surface area (TPSA) is 78.4 Å². The minimum Gasteiger partial charge on any atom is -0.480 e. The van der Waals surface area contributed by atoms with Crippen molar-refractivity contribution in [3.8, 4) is 0 Å². The highest BCUT2D eigenvalue weighted by molar-refractivity contribution is 5.82. The van der Waals surface area contributed by atoms with E-state index in [-0.39, 0.29) is 12.1 Å². The summed E-state index contributed by atoms with van der Waals surface area (Å²) < 4.78 is 0. The lowest BCUT2D eigenvalue weighted by atomic mass is 10.2. The van der Waals surface area contributed by atoms with Crippen molar-refractivity contribution in [2.24, 2.45) is 5.92 Å². The Hall–Kier alpha value is -1.26. The molecule has 3 N–H and O–H groups in total. The Morgan fingerprint density at radius 3 is 2.59 bits per heavy atom. The first-order chi connectivity index (χ1) is 8.08. The van der Waals surface area contributed by atoms with Crippen molar-refractivity contribution in [2.45, 2.75) is 58.0 Å². The summed E-state index contributed by atoms with van der Waals surface area (Å²) in [4.78, 5) is 22.4. The summed E-state index contributed by atoms with van der Waals surface area (Å²) in [6.45, 7) is 4.02. The summed E-state index contributed by atoms with van der Waals surface area (Å²) in [7, 11) is 0. The highest BCUT2D eigenvalue weighted by atomic mass is 16.4. The fourth-order valence-corrected chi connectivity index (χ4v) is 2.03. The van der Waals surface area contributed by atoms with E-state index in [2.05, 4.69) is 17.6 Å². The van der Waals surface area contributed by atoms with Gasteiger partial charge in [0.05, 0.1) is 0 Å². The summed E-state index contributed by atoms with van der Waals surface area (Å²) in [5, 5.41) is 14.2. The van der Waals surface area contributed by atoms with E-state index in [1.165, 1.54) is 0 Å². The van der Waals surface area contributed by atoms with Gasteiger partial charge in [-0.1, -0.05) is 26.7 Å². The van der Waals surface area contributed by atoms with Crippen LogP contribution in [0.2, 0.25) is 0 Å². The third-order valence-corrected chi connectivity index (χ3v) is 3.08. The molecule has 1 fully saturated rings. The number of urea groups is 1. The van der Waals surface area contributed by atoms with Gasteiger partial charge in [0.2, 0.25) is 0 Å². The van der Waals surface area contributed by atoms with Gasteiger partial charge in [-0.2, -0.15) is 0 Å². The molecule has 1 aliphatic rings.